The smallest absolute Gasteiger partial charge is 0.505 e. The highest BCUT2D eigenvalue weighted by molar-refractivity contribution is 8.31. The van der Waals surface area contributed by atoms with E-state index in [2.05, 4.69) is 25.1 Å². The van der Waals surface area contributed by atoms with E-state index >= 15 is 0 Å². The first-order valence-corrected chi connectivity index (χ1v) is 19.5. The van der Waals surface area contributed by atoms with Crippen molar-refractivity contribution >= 4 is 37.4 Å². The maximum atomic E-state index is 6.12. The number of benzene rings is 2. The van der Waals surface area contributed by atoms with Gasteiger partial charge in [0.25, 0.3) is 0 Å². The number of hydrogen-bond acceptors (Lipinski definition) is 4. The van der Waals surface area contributed by atoms with Gasteiger partial charge in [-0.3, -0.25) is 0 Å². The van der Waals surface area contributed by atoms with Crippen LogP contribution in [-0.2, 0) is 0 Å². The molecule has 0 radical (unpaired) electrons. The molecule has 0 atom stereocenters. The molecule has 0 amide bonds. The molecular weight excluding hydrogens is 441 g/mol. The molecule has 2 fully saturated rings. The summed E-state index contributed by atoms with van der Waals surface area (Å²) in [4.78, 5) is 0. The van der Waals surface area contributed by atoms with E-state index < -0.39 is 14.9 Å². The highest BCUT2D eigenvalue weighted by Crippen LogP contribution is 2.45. The number of unbranched alkanes of at least 4 members (excludes halogenated alkanes) is 2. The monoisotopic (exact) mass is 476 g/mol. The lowest BCUT2D eigenvalue weighted by Gasteiger charge is -2.39. The lowest BCUT2D eigenvalue weighted by Crippen LogP contribution is -2.52. The Bertz CT molecular complexity index is 669. The summed E-state index contributed by atoms with van der Waals surface area (Å²) in [6.45, 7) is 4.65. The molecule has 2 aromatic carbocycles. The van der Waals surface area contributed by atoms with Gasteiger partial charge in [-0.05, 0) is 53.9 Å². The molecule has 0 spiro atoms. The van der Waals surface area contributed by atoms with Gasteiger partial charge in [-0.15, -0.1) is 11.2 Å². The molecule has 0 saturated carbocycles. The Balaban J connectivity index is 0.000000187. The lowest BCUT2D eigenvalue weighted by molar-refractivity contribution is 0.408. The Morgan fingerprint density at radius 2 is 1.13 bits per heavy atom. The number of para-hydroxylation sites is 2. The topological polar surface area (TPSA) is 18.5 Å². The summed E-state index contributed by atoms with van der Waals surface area (Å²) in [5.41, 5.74) is 0. The molecule has 2 aromatic rings. The fourth-order valence-electron chi connectivity index (χ4n) is 3.69. The summed E-state index contributed by atoms with van der Waals surface area (Å²) < 4.78 is 12.2. The van der Waals surface area contributed by atoms with Crippen LogP contribution < -0.4 is 8.85 Å². The Kier molecular flexibility index (Phi) is 9.75. The summed E-state index contributed by atoms with van der Waals surface area (Å²) >= 11 is 4.21. The lowest BCUT2D eigenvalue weighted by atomic mass is 10.3. The standard InChI is InChI=1S/C14H14O2SSi.C10H22SSi/c1-3-7-13(8-4-1)15-18(12-11-17-18)16-14-9-5-2-6-10-14;1-3-5-8-12(9-6-4-2)10-7-11-12/h1-10H,11-12H2;3-10H2,1-2H3. The largest absolute Gasteiger partial charge is 0.531 e. The van der Waals surface area contributed by atoms with Gasteiger partial charge in [0.1, 0.15) is 18.7 Å². The molecule has 30 heavy (non-hydrogen) atoms. The van der Waals surface area contributed by atoms with Crippen LogP contribution in [0.5, 0.6) is 11.5 Å². The van der Waals surface area contributed by atoms with Crippen LogP contribution in [0.25, 0.3) is 0 Å². The summed E-state index contributed by atoms with van der Waals surface area (Å²) in [5.74, 6) is 4.44. The SMILES string of the molecule is CCCC[Si]1(CCCC)CCS1.c1ccc(O[Si]2(Oc3ccccc3)CCS2)cc1. The van der Waals surface area contributed by atoms with Crippen LogP contribution in [0.15, 0.2) is 60.7 Å². The van der Waals surface area contributed by atoms with Crippen molar-refractivity contribution in [1.82, 2.24) is 0 Å². The van der Waals surface area contributed by atoms with Crippen molar-refractivity contribution in [2.45, 2.75) is 63.7 Å². The minimum Gasteiger partial charge on any atom is -0.505 e. The van der Waals surface area contributed by atoms with E-state index in [1.807, 2.05) is 71.9 Å². The van der Waals surface area contributed by atoms with Crippen LogP contribution in [-0.4, -0.2) is 26.4 Å². The van der Waals surface area contributed by atoms with Gasteiger partial charge < -0.3 is 8.85 Å². The Hall–Kier alpha value is -0.826. The summed E-state index contributed by atoms with van der Waals surface area (Å²) in [7, 11) is -2.78. The molecule has 2 nitrogen and oxygen atoms in total. The second kappa shape index (κ2) is 12.3. The molecule has 2 heterocycles. The van der Waals surface area contributed by atoms with Crippen LogP contribution in [0.1, 0.15) is 39.5 Å². The molecule has 2 aliphatic rings. The fraction of sp³-hybridized carbons (Fsp3) is 0.500. The summed E-state index contributed by atoms with van der Waals surface area (Å²) in [5, 5.41) is 0. The van der Waals surface area contributed by atoms with E-state index in [0.29, 0.717) is 0 Å². The first kappa shape index (κ1) is 23.8. The molecule has 6 heteroatoms. The van der Waals surface area contributed by atoms with Crippen molar-refractivity contribution in [3.63, 3.8) is 0 Å². The van der Waals surface area contributed by atoms with Crippen LogP contribution >= 0.6 is 22.4 Å². The fourth-order valence-corrected chi connectivity index (χ4v) is 16.0. The molecular formula is C24H36O2S2Si2. The zero-order valence-electron chi connectivity index (χ0n) is 18.5. The van der Waals surface area contributed by atoms with E-state index in [4.69, 9.17) is 8.85 Å². The van der Waals surface area contributed by atoms with Crippen molar-refractivity contribution in [3.8, 4) is 11.5 Å². The van der Waals surface area contributed by atoms with E-state index in [-0.39, 0.29) is 0 Å². The molecule has 164 valence electrons. The van der Waals surface area contributed by atoms with Crippen LogP contribution in [0.4, 0.5) is 0 Å². The molecule has 2 saturated heterocycles. The van der Waals surface area contributed by atoms with Gasteiger partial charge in [0.2, 0.25) is 0 Å². The van der Waals surface area contributed by atoms with Crippen LogP contribution in [0.2, 0.25) is 24.2 Å². The molecule has 2 aliphatic heterocycles. The molecule has 0 N–H and O–H groups in total. The van der Waals surface area contributed by atoms with Gasteiger partial charge in [0.15, 0.2) is 0 Å². The first-order chi connectivity index (χ1) is 14.7. The van der Waals surface area contributed by atoms with Gasteiger partial charge in [0, 0.05) is 6.04 Å². The van der Waals surface area contributed by atoms with Gasteiger partial charge in [-0.25, -0.2) is 0 Å². The molecule has 0 bridgehead atoms. The molecule has 0 aliphatic carbocycles. The van der Waals surface area contributed by atoms with Crippen molar-refractivity contribution in [2.75, 3.05) is 11.5 Å². The third kappa shape index (κ3) is 7.11. The van der Waals surface area contributed by atoms with E-state index in [0.717, 1.165) is 23.3 Å². The molecule has 4 rings (SSSR count). The van der Waals surface area contributed by atoms with Crippen molar-refractivity contribution in [3.05, 3.63) is 60.7 Å². The van der Waals surface area contributed by atoms with Gasteiger partial charge in [0.05, 0.1) is 0 Å². The summed E-state index contributed by atoms with van der Waals surface area (Å²) in [6.07, 6.45) is 5.81. The Morgan fingerprint density at radius 3 is 1.43 bits per heavy atom. The number of rotatable bonds is 10. The Labute approximate surface area is 193 Å². The van der Waals surface area contributed by atoms with Gasteiger partial charge in [-0.1, -0.05) is 75.9 Å². The number of hydrogen-bond donors (Lipinski definition) is 0. The zero-order chi connectivity index (χ0) is 21.1. The second-order valence-electron chi connectivity index (χ2n) is 8.10. The predicted molar refractivity (Wildman–Crippen MR) is 140 cm³/mol. The first-order valence-electron chi connectivity index (χ1n) is 11.5. The second-order valence-corrected chi connectivity index (χ2v) is 21.8. The van der Waals surface area contributed by atoms with Gasteiger partial charge in [-0.2, -0.15) is 11.2 Å². The zero-order valence-corrected chi connectivity index (χ0v) is 22.1. The Morgan fingerprint density at radius 1 is 0.700 bits per heavy atom. The van der Waals surface area contributed by atoms with Crippen molar-refractivity contribution < 1.29 is 8.85 Å². The van der Waals surface area contributed by atoms with Crippen LogP contribution in [0.3, 0.4) is 0 Å². The maximum Gasteiger partial charge on any atom is 0.531 e. The van der Waals surface area contributed by atoms with E-state index in [1.165, 1.54) is 31.4 Å². The quantitative estimate of drug-likeness (QED) is 0.322. The summed E-state index contributed by atoms with van der Waals surface area (Å²) in [6, 6.07) is 25.8. The third-order valence-corrected chi connectivity index (χ3v) is 21.3. The minimum absolute atomic E-state index is 0.668. The average Bonchev–Trinajstić information content (AvgIpc) is 2.73. The molecule has 0 aromatic heterocycles. The molecule has 0 unspecified atom stereocenters. The highest BCUT2D eigenvalue weighted by Gasteiger charge is 2.51. The maximum absolute atomic E-state index is 6.12. The average molecular weight is 477 g/mol. The minimum atomic E-state index is -2.11. The normalized spacial score (nSPS) is 18.2. The van der Waals surface area contributed by atoms with Crippen molar-refractivity contribution in [2.24, 2.45) is 0 Å². The third-order valence-electron chi connectivity index (χ3n) is 5.70. The van der Waals surface area contributed by atoms with E-state index in [9.17, 15) is 0 Å². The van der Waals surface area contributed by atoms with Crippen LogP contribution in [0, 0.1) is 0 Å². The van der Waals surface area contributed by atoms with Crippen molar-refractivity contribution in [1.29, 1.82) is 0 Å². The van der Waals surface area contributed by atoms with E-state index in [1.54, 1.807) is 18.1 Å². The van der Waals surface area contributed by atoms with Gasteiger partial charge >= 0.3 is 7.71 Å². The predicted octanol–water partition coefficient (Wildman–Crippen LogP) is 8.11. The highest BCUT2D eigenvalue weighted by atomic mass is 32.4.